The molecule has 0 radical (unpaired) electrons. The van der Waals surface area contributed by atoms with Crippen molar-refractivity contribution in [1.82, 2.24) is 10.2 Å². The first kappa shape index (κ1) is 20.2. The highest BCUT2D eigenvalue weighted by Crippen LogP contribution is 2.46. The van der Waals surface area contributed by atoms with Gasteiger partial charge >= 0.3 is 5.97 Å². The number of carbonyl (C=O) groups is 3. The SMILES string of the molecule is CO[C@@H]1CCN(C(=O)CNC(=O)c2ccc3c(c2)Oc2ccccc2S3)[C@@H]1C(=O)O. The minimum Gasteiger partial charge on any atom is -0.480 e. The number of para-hydroxylation sites is 1. The number of carboxylic acid groups (broad SMARTS) is 1. The van der Waals surface area contributed by atoms with E-state index in [0.29, 0.717) is 17.7 Å². The van der Waals surface area contributed by atoms with Crippen molar-refractivity contribution < 1.29 is 29.0 Å². The Morgan fingerprint density at radius 1 is 1.20 bits per heavy atom. The van der Waals surface area contributed by atoms with Crippen molar-refractivity contribution in [3.8, 4) is 11.5 Å². The molecule has 2 aliphatic heterocycles. The van der Waals surface area contributed by atoms with Gasteiger partial charge < -0.3 is 24.8 Å². The second kappa shape index (κ2) is 8.37. The van der Waals surface area contributed by atoms with Crippen molar-refractivity contribution in [2.75, 3.05) is 20.2 Å². The monoisotopic (exact) mass is 428 g/mol. The van der Waals surface area contributed by atoms with E-state index in [0.717, 1.165) is 15.5 Å². The molecule has 1 fully saturated rings. The van der Waals surface area contributed by atoms with Gasteiger partial charge in [-0.2, -0.15) is 0 Å². The summed E-state index contributed by atoms with van der Waals surface area (Å²) in [5.74, 6) is -0.721. The molecular weight excluding hydrogens is 408 g/mol. The molecule has 4 rings (SSSR count). The zero-order valence-electron chi connectivity index (χ0n) is 16.2. The highest BCUT2D eigenvalue weighted by atomic mass is 32.2. The Labute approximate surface area is 177 Å². The van der Waals surface area contributed by atoms with Gasteiger partial charge in [-0.05, 0) is 36.8 Å². The second-order valence-electron chi connectivity index (χ2n) is 6.93. The van der Waals surface area contributed by atoms with Crippen LogP contribution in [0.3, 0.4) is 0 Å². The van der Waals surface area contributed by atoms with Crippen LogP contribution in [0.4, 0.5) is 0 Å². The Bertz CT molecular complexity index is 1010. The Morgan fingerprint density at radius 2 is 1.97 bits per heavy atom. The molecule has 0 bridgehead atoms. The first-order valence-corrected chi connectivity index (χ1v) is 10.2. The van der Waals surface area contributed by atoms with Crippen LogP contribution in [0.25, 0.3) is 0 Å². The number of carbonyl (C=O) groups excluding carboxylic acids is 2. The molecule has 9 heteroatoms. The minimum atomic E-state index is -1.12. The molecule has 2 amide bonds. The quantitative estimate of drug-likeness (QED) is 0.643. The van der Waals surface area contributed by atoms with Crippen LogP contribution in [0.2, 0.25) is 0 Å². The van der Waals surface area contributed by atoms with E-state index in [2.05, 4.69) is 5.32 Å². The van der Waals surface area contributed by atoms with E-state index in [1.807, 2.05) is 24.3 Å². The summed E-state index contributed by atoms with van der Waals surface area (Å²) in [6.45, 7) is -0.0257. The lowest BCUT2D eigenvalue weighted by molar-refractivity contribution is -0.151. The van der Waals surface area contributed by atoms with Gasteiger partial charge in [0.2, 0.25) is 5.91 Å². The zero-order chi connectivity index (χ0) is 21.3. The standard InChI is InChI=1S/C21H20N2O6S/c1-28-14-8-9-23(19(14)21(26)27)18(24)11-22-20(25)12-6-7-17-15(10-12)29-13-4-2-3-5-16(13)30-17/h2-7,10,14,19H,8-9,11H2,1H3,(H,22,25)(H,26,27)/t14-,19+/m1/s1. The van der Waals surface area contributed by atoms with E-state index < -0.39 is 29.9 Å². The number of benzene rings is 2. The predicted molar refractivity (Wildman–Crippen MR) is 108 cm³/mol. The average molecular weight is 428 g/mol. The first-order valence-electron chi connectivity index (χ1n) is 9.40. The van der Waals surface area contributed by atoms with Gasteiger partial charge in [-0.25, -0.2) is 4.79 Å². The number of aliphatic carboxylic acids is 1. The van der Waals surface area contributed by atoms with Crippen molar-refractivity contribution in [1.29, 1.82) is 0 Å². The molecule has 0 spiro atoms. The van der Waals surface area contributed by atoms with Gasteiger partial charge in [0.25, 0.3) is 5.91 Å². The lowest BCUT2D eigenvalue weighted by Crippen LogP contribution is -2.48. The Balaban J connectivity index is 1.40. The number of hydrogen-bond donors (Lipinski definition) is 2. The maximum atomic E-state index is 12.5. The van der Waals surface area contributed by atoms with Crippen LogP contribution < -0.4 is 10.1 Å². The third-order valence-electron chi connectivity index (χ3n) is 5.11. The summed E-state index contributed by atoms with van der Waals surface area (Å²) in [6.07, 6.45) is -0.116. The van der Waals surface area contributed by atoms with Crippen LogP contribution in [-0.2, 0) is 14.3 Å². The fraction of sp³-hybridized carbons (Fsp3) is 0.286. The van der Waals surface area contributed by atoms with Crippen LogP contribution in [-0.4, -0.2) is 60.1 Å². The Morgan fingerprint density at radius 3 is 2.73 bits per heavy atom. The fourth-order valence-electron chi connectivity index (χ4n) is 3.61. The van der Waals surface area contributed by atoms with Crippen LogP contribution >= 0.6 is 11.8 Å². The molecule has 30 heavy (non-hydrogen) atoms. The van der Waals surface area contributed by atoms with Crippen LogP contribution in [0, 0.1) is 0 Å². The van der Waals surface area contributed by atoms with Gasteiger partial charge in [0.15, 0.2) is 6.04 Å². The van der Waals surface area contributed by atoms with E-state index >= 15 is 0 Å². The van der Waals surface area contributed by atoms with Crippen LogP contribution in [0.5, 0.6) is 11.5 Å². The molecule has 0 aromatic heterocycles. The molecule has 2 aliphatic rings. The number of carboxylic acids is 1. The van der Waals surface area contributed by atoms with Gasteiger partial charge in [0.05, 0.1) is 22.4 Å². The molecule has 2 aromatic rings. The first-order chi connectivity index (χ1) is 14.5. The Hall–Kier alpha value is -3.04. The van der Waals surface area contributed by atoms with Crippen molar-refractivity contribution in [2.24, 2.45) is 0 Å². The van der Waals surface area contributed by atoms with E-state index in [4.69, 9.17) is 9.47 Å². The van der Waals surface area contributed by atoms with E-state index in [9.17, 15) is 19.5 Å². The largest absolute Gasteiger partial charge is 0.480 e. The fourth-order valence-corrected chi connectivity index (χ4v) is 4.54. The lowest BCUT2D eigenvalue weighted by Gasteiger charge is -2.24. The van der Waals surface area contributed by atoms with Gasteiger partial charge in [0.1, 0.15) is 11.5 Å². The number of fused-ring (bicyclic) bond motifs is 2. The number of nitrogens with zero attached hydrogens (tertiary/aromatic N) is 1. The molecule has 156 valence electrons. The second-order valence-corrected chi connectivity index (χ2v) is 8.01. The number of nitrogens with one attached hydrogen (secondary N) is 1. The molecular formula is C21H20N2O6S. The molecule has 2 atom stereocenters. The number of methoxy groups -OCH3 is 1. The molecule has 2 aromatic carbocycles. The average Bonchev–Trinajstić information content (AvgIpc) is 3.20. The van der Waals surface area contributed by atoms with Gasteiger partial charge in [0, 0.05) is 19.2 Å². The Kier molecular flexibility index (Phi) is 5.65. The third kappa shape index (κ3) is 3.86. The number of rotatable bonds is 5. The summed E-state index contributed by atoms with van der Waals surface area (Å²) < 4.78 is 11.0. The van der Waals surface area contributed by atoms with Crippen LogP contribution in [0.1, 0.15) is 16.8 Å². The smallest absolute Gasteiger partial charge is 0.329 e. The topological polar surface area (TPSA) is 105 Å². The summed E-state index contributed by atoms with van der Waals surface area (Å²) in [6, 6.07) is 11.7. The van der Waals surface area contributed by atoms with Crippen LogP contribution in [0.15, 0.2) is 52.3 Å². The third-order valence-corrected chi connectivity index (χ3v) is 6.23. The van der Waals surface area contributed by atoms with Crippen molar-refractivity contribution in [3.05, 3.63) is 48.0 Å². The normalized spacial score (nSPS) is 19.4. The maximum Gasteiger partial charge on any atom is 0.329 e. The molecule has 0 saturated carbocycles. The number of ether oxygens (including phenoxy) is 2. The van der Waals surface area contributed by atoms with E-state index in [1.165, 1.54) is 12.0 Å². The predicted octanol–water partition coefficient (Wildman–Crippen LogP) is 2.37. The van der Waals surface area contributed by atoms with E-state index in [-0.39, 0.29) is 13.1 Å². The molecule has 8 nitrogen and oxygen atoms in total. The molecule has 2 N–H and O–H groups in total. The highest BCUT2D eigenvalue weighted by Gasteiger charge is 2.42. The van der Waals surface area contributed by atoms with Crippen molar-refractivity contribution in [2.45, 2.75) is 28.4 Å². The zero-order valence-corrected chi connectivity index (χ0v) is 17.0. The summed E-state index contributed by atoms with van der Waals surface area (Å²) in [4.78, 5) is 39.7. The lowest BCUT2D eigenvalue weighted by atomic mass is 10.1. The summed E-state index contributed by atoms with van der Waals surface area (Å²) >= 11 is 1.56. The van der Waals surface area contributed by atoms with Gasteiger partial charge in [-0.15, -0.1) is 0 Å². The number of likely N-dealkylation sites (tertiary alicyclic amines) is 1. The van der Waals surface area contributed by atoms with Crippen molar-refractivity contribution in [3.63, 3.8) is 0 Å². The number of hydrogen-bond acceptors (Lipinski definition) is 6. The summed E-state index contributed by atoms with van der Waals surface area (Å²) in [5.41, 5.74) is 0.354. The molecule has 2 heterocycles. The minimum absolute atomic E-state index is 0.271. The summed E-state index contributed by atoms with van der Waals surface area (Å²) in [5, 5.41) is 12.0. The molecule has 0 unspecified atom stereocenters. The summed E-state index contributed by atoms with van der Waals surface area (Å²) in [7, 11) is 1.42. The van der Waals surface area contributed by atoms with E-state index in [1.54, 1.807) is 30.0 Å². The highest BCUT2D eigenvalue weighted by molar-refractivity contribution is 7.99. The molecule has 1 saturated heterocycles. The van der Waals surface area contributed by atoms with Crippen molar-refractivity contribution >= 4 is 29.5 Å². The van der Waals surface area contributed by atoms with Gasteiger partial charge in [-0.3, -0.25) is 9.59 Å². The number of amides is 2. The molecule has 0 aliphatic carbocycles. The maximum absolute atomic E-state index is 12.5. The van der Waals surface area contributed by atoms with Gasteiger partial charge in [-0.1, -0.05) is 23.9 Å².